The van der Waals surface area contributed by atoms with Crippen molar-refractivity contribution in [2.75, 3.05) is 19.7 Å². The van der Waals surface area contributed by atoms with Crippen molar-refractivity contribution in [1.29, 1.82) is 0 Å². The molecule has 1 aliphatic heterocycles. The molecule has 0 saturated carbocycles. The lowest BCUT2D eigenvalue weighted by Gasteiger charge is -2.37. The van der Waals surface area contributed by atoms with Crippen LogP contribution in [0, 0.1) is 5.92 Å². The monoisotopic (exact) mass is 181 g/mol. The molecule has 13 heavy (non-hydrogen) atoms. The molecule has 4 heteroatoms. The minimum atomic E-state index is -0.0153. The Labute approximate surface area is 75.8 Å². The first-order valence-corrected chi connectivity index (χ1v) is 4.23. The number of hydrogen-bond acceptors (Lipinski definition) is 3. The summed E-state index contributed by atoms with van der Waals surface area (Å²) in [6.45, 7) is 1.47. The number of nitrogens with zero attached hydrogens (tertiary/aromatic N) is 1. The predicted octanol–water partition coefficient (Wildman–Crippen LogP) is 0.344. The Balaban J connectivity index is 1.94. The molecule has 0 unspecified atom stereocenters. The van der Waals surface area contributed by atoms with Crippen LogP contribution in [0.15, 0.2) is 23.0 Å². The van der Waals surface area contributed by atoms with E-state index >= 15 is 0 Å². The molecule has 1 N–H and O–H groups in total. The highest BCUT2D eigenvalue weighted by Crippen LogP contribution is 2.17. The quantitative estimate of drug-likeness (QED) is 0.716. The fraction of sp³-hybridized carbons (Fsp3) is 0.444. The topological polar surface area (TPSA) is 53.7 Å². The molecule has 0 aliphatic carbocycles. The van der Waals surface area contributed by atoms with Gasteiger partial charge in [0.2, 0.25) is 0 Å². The number of amides is 1. The number of rotatable bonds is 2. The summed E-state index contributed by atoms with van der Waals surface area (Å²) < 4.78 is 4.81. The van der Waals surface area contributed by atoms with E-state index < -0.39 is 0 Å². The van der Waals surface area contributed by atoms with Crippen LogP contribution < -0.4 is 0 Å². The number of carbonyl (C=O) groups is 1. The Morgan fingerprint density at radius 3 is 3.00 bits per heavy atom. The van der Waals surface area contributed by atoms with Gasteiger partial charge < -0.3 is 14.4 Å². The number of likely N-dealkylation sites (tertiary alicyclic amines) is 1. The highest BCUT2D eigenvalue weighted by molar-refractivity contribution is 5.94. The van der Waals surface area contributed by atoms with Crippen molar-refractivity contribution in [3.05, 3.63) is 24.2 Å². The minimum Gasteiger partial charge on any atom is -0.472 e. The number of aliphatic hydroxyl groups excluding tert-OH is 1. The van der Waals surface area contributed by atoms with Gasteiger partial charge in [-0.3, -0.25) is 4.79 Å². The van der Waals surface area contributed by atoms with Crippen molar-refractivity contribution in [3.63, 3.8) is 0 Å². The van der Waals surface area contributed by atoms with Gasteiger partial charge in [0.15, 0.2) is 0 Å². The number of aliphatic hydroxyl groups is 1. The Hall–Kier alpha value is -1.29. The van der Waals surface area contributed by atoms with Crippen molar-refractivity contribution in [2.45, 2.75) is 0 Å². The van der Waals surface area contributed by atoms with Crippen LogP contribution in [0.5, 0.6) is 0 Å². The number of carbonyl (C=O) groups excluding carboxylic acids is 1. The first kappa shape index (κ1) is 8.31. The van der Waals surface area contributed by atoms with Crippen LogP contribution >= 0.6 is 0 Å². The molecule has 1 saturated heterocycles. The third-order valence-electron chi connectivity index (χ3n) is 2.27. The maximum atomic E-state index is 11.5. The molecule has 1 aromatic heterocycles. The molecule has 1 amide bonds. The lowest BCUT2D eigenvalue weighted by Crippen LogP contribution is -2.51. The molecule has 0 atom stereocenters. The molecule has 0 radical (unpaired) electrons. The average molecular weight is 181 g/mol. The van der Waals surface area contributed by atoms with Gasteiger partial charge in [0.25, 0.3) is 5.91 Å². The average Bonchev–Trinajstić information content (AvgIpc) is 2.53. The highest BCUT2D eigenvalue weighted by Gasteiger charge is 2.30. The summed E-state index contributed by atoms with van der Waals surface area (Å²) in [5.41, 5.74) is 0.580. The smallest absolute Gasteiger partial charge is 0.257 e. The molecular formula is C9H11NO3. The van der Waals surface area contributed by atoms with Gasteiger partial charge in [-0.25, -0.2) is 0 Å². The van der Waals surface area contributed by atoms with Crippen LogP contribution in [-0.4, -0.2) is 35.6 Å². The molecular weight excluding hydrogens is 170 g/mol. The van der Waals surface area contributed by atoms with Gasteiger partial charge in [-0.2, -0.15) is 0 Å². The van der Waals surface area contributed by atoms with E-state index in [1.807, 2.05) is 0 Å². The van der Waals surface area contributed by atoms with Crippen LogP contribution in [0.3, 0.4) is 0 Å². The van der Waals surface area contributed by atoms with Crippen LogP contribution in [0.4, 0.5) is 0 Å². The standard InChI is InChI=1S/C9H11NO3/c11-5-7-3-10(4-7)9(12)8-1-2-13-6-8/h1-2,6-7,11H,3-5H2. The SMILES string of the molecule is O=C(c1ccoc1)N1CC(CO)C1. The first-order valence-electron chi connectivity index (χ1n) is 4.23. The van der Waals surface area contributed by atoms with Crippen LogP contribution in [0.2, 0.25) is 0 Å². The first-order chi connectivity index (χ1) is 6.31. The molecule has 4 nitrogen and oxygen atoms in total. The molecule has 0 aromatic carbocycles. The Kier molecular flexibility index (Phi) is 2.06. The van der Waals surface area contributed by atoms with Crippen molar-refractivity contribution in [1.82, 2.24) is 4.90 Å². The second kappa shape index (κ2) is 3.22. The Bertz CT molecular complexity index is 288. The van der Waals surface area contributed by atoms with Gasteiger partial charge in [0.1, 0.15) is 6.26 Å². The zero-order chi connectivity index (χ0) is 9.26. The Morgan fingerprint density at radius 2 is 2.46 bits per heavy atom. The minimum absolute atomic E-state index is 0.0153. The molecule has 70 valence electrons. The van der Waals surface area contributed by atoms with Crippen molar-refractivity contribution in [3.8, 4) is 0 Å². The third-order valence-corrected chi connectivity index (χ3v) is 2.27. The normalized spacial score (nSPS) is 17.2. The molecule has 1 fully saturated rings. The fourth-order valence-electron chi connectivity index (χ4n) is 1.42. The second-order valence-electron chi connectivity index (χ2n) is 3.27. The van der Waals surface area contributed by atoms with Gasteiger partial charge in [0, 0.05) is 25.6 Å². The van der Waals surface area contributed by atoms with Crippen LogP contribution in [0.25, 0.3) is 0 Å². The van der Waals surface area contributed by atoms with E-state index in [2.05, 4.69) is 0 Å². The number of furan rings is 1. The second-order valence-corrected chi connectivity index (χ2v) is 3.27. The summed E-state index contributed by atoms with van der Waals surface area (Å²) in [5.74, 6) is 0.245. The zero-order valence-corrected chi connectivity index (χ0v) is 7.14. The summed E-state index contributed by atoms with van der Waals surface area (Å²) in [6, 6.07) is 1.65. The van der Waals surface area contributed by atoms with Gasteiger partial charge in [-0.1, -0.05) is 0 Å². The number of hydrogen-bond donors (Lipinski definition) is 1. The van der Waals surface area contributed by atoms with Crippen molar-refractivity contribution in [2.24, 2.45) is 5.92 Å². The predicted molar refractivity (Wildman–Crippen MR) is 45.2 cm³/mol. The van der Waals surface area contributed by atoms with E-state index in [0.717, 1.165) is 0 Å². The summed E-state index contributed by atoms with van der Waals surface area (Å²) >= 11 is 0. The van der Waals surface area contributed by atoms with E-state index in [1.165, 1.54) is 12.5 Å². The third kappa shape index (κ3) is 1.45. The van der Waals surface area contributed by atoms with Crippen molar-refractivity contribution >= 4 is 5.91 Å². The fourth-order valence-corrected chi connectivity index (χ4v) is 1.42. The van der Waals surface area contributed by atoms with E-state index in [9.17, 15) is 4.79 Å². The lowest BCUT2D eigenvalue weighted by molar-refractivity contribution is 0.0361. The highest BCUT2D eigenvalue weighted by atomic mass is 16.3. The van der Waals surface area contributed by atoms with E-state index in [0.29, 0.717) is 18.7 Å². The maximum absolute atomic E-state index is 11.5. The molecule has 2 rings (SSSR count). The van der Waals surface area contributed by atoms with Crippen LogP contribution in [-0.2, 0) is 0 Å². The van der Waals surface area contributed by atoms with Crippen LogP contribution in [0.1, 0.15) is 10.4 Å². The summed E-state index contributed by atoms with van der Waals surface area (Å²) in [5, 5.41) is 8.76. The molecule has 0 bridgehead atoms. The molecule has 2 heterocycles. The summed E-state index contributed by atoms with van der Waals surface area (Å²) in [4.78, 5) is 13.2. The lowest BCUT2D eigenvalue weighted by atomic mass is 10.0. The Morgan fingerprint density at radius 1 is 1.69 bits per heavy atom. The largest absolute Gasteiger partial charge is 0.472 e. The van der Waals surface area contributed by atoms with Gasteiger partial charge in [0.05, 0.1) is 11.8 Å². The molecule has 1 aromatic rings. The summed E-state index contributed by atoms with van der Waals surface area (Å²) in [6.07, 6.45) is 2.92. The maximum Gasteiger partial charge on any atom is 0.257 e. The van der Waals surface area contributed by atoms with E-state index in [-0.39, 0.29) is 18.4 Å². The van der Waals surface area contributed by atoms with E-state index in [4.69, 9.17) is 9.52 Å². The van der Waals surface area contributed by atoms with E-state index in [1.54, 1.807) is 11.0 Å². The van der Waals surface area contributed by atoms with Crippen molar-refractivity contribution < 1.29 is 14.3 Å². The molecule has 1 aliphatic rings. The van der Waals surface area contributed by atoms with Gasteiger partial charge in [-0.05, 0) is 6.07 Å². The molecule has 0 spiro atoms. The van der Waals surface area contributed by atoms with Gasteiger partial charge >= 0.3 is 0 Å². The summed E-state index contributed by atoms with van der Waals surface area (Å²) in [7, 11) is 0. The zero-order valence-electron chi connectivity index (χ0n) is 7.14. The van der Waals surface area contributed by atoms with Gasteiger partial charge in [-0.15, -0.1) is 0 Å².